The molecule has 1 atom stereocenters. The molecule has 0 aliphatic carbocycles. The zero-order valence-electron chi connectivity index (χ0n) is 9.11. The van der Waals surface area contributed by atoms with Crippen molar-refractivity contribution in [2.24, 2.45) is 7.05 Å². The summed E-state index contributed by atoms with van der Waals surface area (Å²) in [6.07, 6.45) is 8.45. The molecule has 0 saturated heterocycles. The van der Waals surface area contributed by atoms with E-state index in [1.165, 1.54) is 0 Å². The molecule has 1 rings (SSSR count). The number of unbranched alkanes of at least 4 members (excludes halogenated alkanes) is 1. The fourth-order valence-electron chi connectivity index (χ4n) is 1.52. The Labute approximate surface area is 85.8 Å². The molecular formula is C11H20N2O. The van der Waals surface area contributed by atoms with Crippen LogP contribution in [-0.4, -0.2) is 20.8 Å². The Balaban J connectivity index is 2.23. The zero-order chi connectivity index (χ0) is 10.4. The van der Waals surface area contributed by atoms with Gasteiger partial charge in [-0.15, -0.1) is 0 Å². The van der Waals surface area contributed by atoms with Crippen LogP contribution in [0.2, 0.25) is 0 Å². The van der Waals surface area contributed by atoms with E-state index in [2.05, 4.69) is 11.9 Å². The number of hydrogen-bond donors (Lipinski definition) is 1. The van der Waals surface area contributed by atoms with Crippen LogP contribution in [0.3, 0.4) is 0 Å². The monoisotopic (exact) mass is 196 g/mol. The van der Waals surface area contributed by atoms with Gasteiger partial charge in [0.25, 0.3) is 0 Å². The first-order valence-electron chi connectivity index (χ1n) is 5.38. The maximum absolute atomic E-state index is 9.63. The number of aliphatic hydroxyl groups excluding tert-OH is 1. The molecule has 3 nitrogen and oxygen atoms in total. The van der Waals surface area contributed by atoms with E-state index in [1.807, 2.05) is 17.8 Å². The molecule has 0 bridgehead atoms. The highest BCUT2D eigenvalue weighted by Crippen LogP contribution is 2.08. The molecule has 0 aromatic carbocycles. The molecule has 1 aromatic heterocycles. The minimum Gasteiger partial charge on any atom is -0.393 e. The number of aromatic nitrogens is 2. The average Bonchev–Trinajstić information content (AvgIpc) is 2.58. The lowest BCUT2D eigenvalue weighted by molar-refractivity contribution is 0.151. The molecular weight excluding hydrogens is 176 g/mol. The van der Waals surface area contributed by atoms with Crippen molar-refractivity contribution < 1.29 is 5.11 Å². The molecule has 0 saturated carbocycles. The number of aryl methyl sites for hydroxylation is 2. The highest BCUT2D eigenvalue weighted by atomic mass is 16.3. The minimum atomic E-state index is -0.161. The first-order chi connectivity index (χ1) is 6.74. The molecule has 0 radical (unpaired) electrons. The van der Waals surface area contributed by atoms with E-state index in [9.17, 15) is 5.11 Å². The van der Waals surface area contributed by atoms with Gasteiger partial charge in [0.05, 0.1) is 6.10 Å². The largest absolute Gasteiger partial charge is 0.393 e. The lowest BCUT2D eigenvalue weighted by atomic mass is 10.1. The second kappa shape index (κ2) is 5.81. The predicted octanol–water partition coefficient (Wildman–Crippen LogP) is 1.90. The lowest BCUT2D eigenvalue weighted by Gasteiger charge is -2.09. The van der Waals surface area contributed by atoms with Gasteiger partial charge in [0.15, 0.2) is 0 Å². The smallest absolute Gasteiger partial charge is 0.108 e. The SMILES string of the molecule is CCCCC(O)CCc1nccn1C. The normalized spacial score (nSPS) is 13.1. The van der Waals surface area contributed by atoms with Gasteiger partial charge in [-0.1, -0.05) is 19.8 Å². The summed E-state index contributed by atoms with van der Waals surface area (Å²) in [6.45, 7) is 2.14. The van der Waals surface area contributed by atoms with Gasteiger partial charge in [0.1, 0.15) is 5.82 Å². The topological polar surface area (TPSA) is 38.1 Å². The molecule has 0 fully saturated rings. The summed E-state index contributed by atoms with van der Waals surface area (Å²) >= 11 is 0. The molecule has 1 heterocycles. The summed E-state index contributed by atoms with van der Waals surface area (Å²) < 4.78 is 2.01. The van der Waals surface area contributed by atoms with E-state index in [-0.39, 0.29) is 6.10 Å². The minimum absolute atomic E-state index is 0.161. The van der Waals surface area contributed by atoms with Crippen molar-refractivity contribution in [3.05, 3.63) is 18.2 Å². The van der Waals surface area contributed by atoms with Crippen LogP contribution in [0.25, 0.3) is 0 Å². The molecule has 0 aliphatic rings. The van der Waals surface area contributed by atoms with Crippen molar-refractivity contribution in [1.82, 2.24) is 9.55 Å². The van der Waals surface area contributed by atoms with Crippen LogP contribution in [0, 0.1) is 0 Å². The lowest BCUT2D eigenvalue weighted by Crippen LogP contribution is -2.09. The molecule has 14 heavy (non-hydrogen) atoms. The molecule has 0 spiro atoms. The van der Waals surface area contributed by atoms with Crippen LogP contribution in [-0.2, 0) is 13.5 Å². The molecule has 0 amide bonds. The molecule has 1 unspecified atom stereocenters. The fourth-order valence-corrected chi connectivity index (χ4v) is 1.52. The molecule has 3 heteroatoms. The highest BCUT2D eigenvalue weighted by molar-refractivity contribution is 4.91. The van der Waals surface area contributed by atoms with Gasteiger partial charge < -0.3 is 9.67 Å². The summed E-state index contributed by atoms with van der Waals surface area (Å²) in [5.41, 5.74) is 0. The third-order valence-electron chi connectivity index (χ3n) is 2.51. The van der Waals surface area contributed by atoms with E-state index in [1.54, 1.807) is 6.20 Å². The zero-order valence-corrected chi connectivity index (χ0v) is 9.11. The van der Waals surface area contributed by atoms with Gasteiger partial charge in [-0.3, -0.25) is 0 Å². The van der Waals surface area contributed by atoms with Crippen molar-refractivity contribution >= 4 is 0 Å². The van der Waals surface area contributed by atoms with Crippen LogP contribution in [0.1, 0.15) is 38.4 Å². The highest BCUT2D eigenvalue weighted by Gasteiger charge is 2.05. The summed E-state index contributed by atoms with van der Waals surface area (Å²) in [5.74, 6) is 1.06. The summed E-state index contributed by atoms with van der Waals surface area (Å²) in [7, 11) is 1.99. The van der Waals surface area contributed by atoms with Gasteiger partial charge in [0.2, 0.25) is 0 Å². The van der Waals surface area contributed by atoms with E-state index in [0.29, 0.717) is 0 Å². The maximum Gasteiger partial charge on any atom is 0.108 e. The first-order valence-corrected chi connectivity index (χ1v) is 5.38. The summed E-state index contributed by atoms with van der Waals surface area (Å²) in [4.78, 5) is 4.22. The van der Waals surface area contributed by atoms with Gasteiger partial charge in [-0.05, 0) is 12.8 Å². The Bertz CT molecular complexity index is 258. The Morgan fingerprint density at radius 2 is 2.29 bits per heavy atom. The van der Waals surface area contributed by atoms with Crippen LogP contribution in [0.15, 0.2) is 12.4 Å². The standard InChI is InChI=1S/C11H20N2O/c1-3-4-5-10(14)6-7-11-12-8-9-13(11)2/h8-10,14H,3-7H2,1-2H3. The van der Waals surface area contributed by atoms with E-state index < -0.39 is 0 Å². The third-order valence-corrected chi connectivity index (χ3v) is 2.51. The molecule has 80 valence electrons. The number of rotatable bonds is 6. The van der Waals surface area contributed by atoms with Gasteiger partial charge in [-0.25, -0.2) is 4.98 Å². The Hall–Kier alpha value is -0.830. The number of aliphatic hydroxyl groups is 1. The van der Waals surface area contributed by atoms with Crippen molar-refractivity contribution in [3.63, 3.8) is 0 Å². The summed E-state index contributed by atoms with van der Waals surface area (Å²) in [5, 5.41) is 9.63. The van der Waals surface area contributed by atoms with Gasteiger partial charge in [0, 0.05) is 25.9 Å². The van der Waals surface area contributed by atoms with Crippen molar-refractivity contribution in [2.45, 2.75) is 45.1 Å². The van der Waals surface area contributed by atoms with Crippen LogP contribution >= 0.6 is 0 Å². The molecule has 1 N–H and O–H groups in total. The van der Waals surface area contributed by atoms with Crippen molar-refractivity contribution in [1.29, 1.82) is 0 Å². The van der Waals surface area contributed by atoms with Crippen LogP contribution < -0.4 is 0 Å². The molecule has 0 aliphatic heterocycles. The van der Waals surface area contributed by atoms with Crippen LogP contribution in [0.4, 0.5) is 0 Å². The van der Waals surface area contributed by atoms with Gasteiger partial charge >= 0.3 is 0 Å². The fraction of sp³-hybridized carbons (Fsp3) is 0.727. The van der Waals surface area contributed by atoms with Crippen molar-refractivity contribution in [2.75, 3.05) is 0 Å². The second-order valence-corrected chi connectivity index (χ2v) is 3.79. The Morgan fingerprint density at radius 3 is 2.86 bits per heavy atom. The maximum atomic E-state index is 9.63. The number of hydrogen-bond acceptors (Lipinski definition) is 2. The Kier molecular flexibility index (Phi) is 4.66. The third kappa shape index (κ3) is 3.50. The van der Waals surface area contributed by atoms with Crippen molar-refractivity contribution in [3.8, 4) is 0 Å². The quantitative estimate of drug-likeness (QED) is 0.754. The van der Waals surface area contributed by atoms with E-state index in [0.717, 1.165) is 37.9 Å². The Morgan fingerprint density at radius 1 is 1.50 bits per heavy atom. The van der Waals surface area contributed by atoms with Crippen LogP contribution in [0.5, 0.6) is 0 Å². The average molecular weight is 196 g/mol. The second-order valence-electron chi connectivity index (χ2n) is 3.79. The number of nitrogens with zero attached hydrogens (tertiary/aromatic N) is 2. The molecule has 1 aromatic rings. The first kappa shape index (κ1) is 11.2. The van der Waals surface area contributed by atoms with E-state index in [4.69, 9.17) is 0 Å². The predicted molar refractivity (Wildman–Crippen MR) is 57.1 cm³/mol. The van der Waals surface area contributed by atoms with Gasteiger partial charge in [-0.2, -0.15) is 0 Å². The van der Waals surface area contributed by atoms with E-state index >= 15 is 0 Å². The summed E-state index contributed by atoms with van der Waals surface area (Å²) in [6, 6.07) is 0. The number of imidazole rings is 1.